The third kappa shape index (κ3) is 2.73. The number of nitrogens with zero attached hydrogens (tertiary/aromatic N) is 2. The average molecular weight is 196 g/mol. The van der Waals surface area contributed by atoms with Gasteiger partial charge >= 0.3 is 0 Å². The Bertz CT molecular complexity index is 281. The van der Waals surface area contributed by atoms with Crippen molar-refractivity contribution in [2.75, 3.05) is 13.2 Å². The van der Waals surface area contributed by atoms with Crippen molar-refractivity contribution < 1.29 is 9.84 Å². The molecular weight excluding hydrogens is 180 g/mol. The minimum atomic E-state index is 0.177. The summed E-state index contributed by atoms with van der Waals surface area (Å²) in [6.45, 7) is 1.76. The number of aromatic nitrogens is 2. The van der Waals surface area contributed by atoms with E-state index in [-0.39, 0.29) is 6.61 Å². The fourth-order valence-corrected chi connectivity index (χ4v) is 1.34. The van der Waals surface area contributed by atoms with E-state index in [0.717, 1.165) is 18.2 Å². The lowest BCUT2D eigenvalue weighted by Gasteiger charge is -2.00. The molecule has 4 heteroatoms. The Balaban J connectivity index is 1.76. The molecule has 1 aromatic rings. The maximum atomic E-state index is 8.58. The fourth-order valence-electron chi connectivity index (χ4n) is 1.34. The van der Waals surface area contributed by atoms with Gasteiger partial charge in [0, 0.05) is 19.6 Å². The highest BCUT2D eigenvalue weighted by Crippen LogP contribution is 2.30. The Labute approximate surface area is 83.5 Å². The van der Waals surface area contributed by atoms with Gasteiger partial charge in [0.2, 0.25) is 0 Å². The second-order valence-electron chi connectivity index (χ2n) is 3.77. The van der Waals surface area contributed by atoms with Crippen LogP contribution in [0.3, 0.4) is 0 Å². The first-order valence-electron chi connectivity index (χ1n) is 5.14. The second kappa shape index (κ2) is 4.46. The number of aliphatic hydroxyl groups excluding tert-OH is 1. The van der Waals surface area contributed by atoms with E-state index in [0.29, 0.717) is 13.0 Å². The van der Waals surface area contributed by atoms with Crippen LogP contribution in [-0.2, 0) is 6.54 Å². The fraction of sp³-hybridized carbons (Fsp3) is 0.700. The minimum absolute atomic E-state index is 0.177. The lowest BCUT2D eigenvalue weighted by atomic mass is 10.4. The van der Waals surface area contributed by atoms with Crippen LogP contribution in [0.4, 0.5) is 0 Å². The monoisotopic (exact) mass is 196 g/mol. The van der Waals surface area contributed by atoms with E-state index in [9.17, 15) is 0 Å². The third-order valence-electron chi connectivity index (χ3n) is 2.32. The molecule has 1 aliphatic carbocycles. The van der Waals surface area contributed by atoms with Crippen molar-refractivity contribution in [2.24, 2.45) is 5.92 Å². The van der Waals surface area contributed by atoms with Crippen LogP contribution in [0.5, 0.6) is 5.75 Å². The normalized spacial score (nSPS) is 15.8. The molecule has 0 amide bonds. The Morgan fingerprint density at radius 1 is 1.57 bits per heavy atom. The quantitative estimate of drug-likeness (QED) is 0.692. The molecule has 0 saturated heterocycles. The molecule has 1 aromatic heterocycles. The zero-order valence-electron chi connectivity index (χ0n) is 8.22. The zero-order valence-corrected chi connectivity index (χ0v) is 8.22. The number of aliphatic hydroxyl groups is 1. The summed E-state index contributed by atoms with van der Waals surface area (Å²) in [6.07, 6.45) is 7.00. The minimum Gasteiger partial charge on any atom is -0.490 e. The van der Waals surface area contributed by atoms with Crippen LogP contribution in [0.2, 0.25) is 0 Å². The van der Waals surface area contributed by atoms with Gasteiger partial charge in [-0.3, -0.25) is 4.68 Å². The zero-order chi connectivity index (χ0) is 9.80. The molecular formula is C10H16N2O2. The third-order valence-corrected chi connectivity index (χ3v) is 2.32. The standard InChI is InChI=1S/C10H16N2O2/c13-4-1-5-14-10-6-11-12(8-10)7-9-2-3-9/h6,8-9,13H,1-5,7H2. The van der Waals surface area contributed by atoms with Crippen molar-refractivity contribution >= 4 is 0 Å². The first-order valence-corrected chi connectivity index (χ1v) is 5.14. The van der Waals surface area contributed by atoms with Gasteiger partial charge in [0.25, 0.3) is 0 Å². The van der Waals surface area contributed by atoms with Gasteiger partial charge in [-0.05, 0) is 18.8 Å². The summed E-state index contributed by atoms with van der Waals surface area (Å²) in [5, 5.41) is 12.8. The first-order chi connectivity index (χ1) is 6.88. The highest BCUT2D eigenvalue weighted by molar-refractivity contribution is 5.11. The molecule has 78 valence electrons. The van der Waals surface area contributed by atoms with E-state index >= 15 is 0 Å². The van der Waals surface area contributed by atoms with Crippen molar-refractivity contribution in [3.8, 4) is 5.75 Å². The molecule has 1 fully saturated rings. The molecule has 0 unspecified atom stereocenters. The molecule has 0 aliphatic heterocycles. The number of rotatable bonds is 6. The lowest BCUT2D eigenvalue weighted by molar-refractivity contribution is 0.233. The summed E-state index contributed by atoms with van der Waals surface area (Å²) < 4.78 is 7.32. The predicted octanol–water partition coefficient (Wildman–Crippen LogP) is 1.05. The Morgan fingerprint density at radius 3 is 3.14 bits per heavy atom. The Hall–Kier alpha value is -1.03. The van der Waals surface area contributed by atoms with Crippen molar-refractivity contribution in [1.82, 2.24) is 9.78 Å². The molecule has 0 aromatic carbocycles. The maximum Gasteiger partial charge on any atom is 0.157 e. The number of hydrogen-bond acceptors (Lipinski definition) is 3. The smallest absolute Gasteiger partial charge is 0.157 e. The van der Waals surface area contributed by atoms with Gasteiger partial charge in [-0.2, -0.15) is 5.10 Å². The van der Waals surface area contributed by atoms with Crippen LogP contribution in [-0.4, -0.2) is 28.1 Å². The van der Waals surface area contributed by atoms with Crippen molar-refractivity contribution in [1.29, 1.82) is 0 Å². The SMILES string of the molecule is OCCCOc1cnn(CC2CC2)c1. The topological polar surface area (TPSA) is 47.3 Å². The van der Waals surface area contributed by atoms with Crippen LogP contribution in [0.15, 0.2) is 12.4 Å². The molecule has 4 nitrogen and oxygen atoms in total. The molecule has 1 aliphatic rings. The van der Waals surface area contributed by atoms with Crippen molar-refractivity contribution in [3.63, 3.8) is 0 Å². The van der Waals surface area contributed by atoms with Crippen LogP contribution in [0.25, 0.3) is 0 Å². The van der Waals surface area contributed by atoms with Gasteiger partial charge in [-0.15, -0.1) is 0 Å². The molecule has 0 spiro atoms. The van der Waals surface area contributed by atoms with Crippen LogP contribution in [0, 0.1) is 5.92 Å². The largest absolute Gasteiger partial charge is 0.490 e. The van der Waals surface area contributed by atoms with Crippen molar-refractivity contribution in [3.05, 3.63) is 12.4 Å². The number of ether oxygens (including phenoxy) is 1. The summed E-state index contributed by atoms with van der Waals surface area (Å²) in [6, 6.07) is 0. The van der Waals surface area contributed by atoms with Gasteiger partial charge < -0.3 is 9.84 Å². The molecule has 2 rings (SSSR count). The van der Waals surface area contributed by atoms with E-state index in [2.05, 4.69) is 5.10 Å². The van der Waals surface area contributed by atoms with E-state index in [4.69, 9.17) is 9.84 Å². The van der Waals surface area contributed by atoms with E-state index in [1.807, 2.05) is 10.9 Å². The van der Waals surface area contributed by atoms with Crippen LogP contribution >= 0.6 is 0 Å². The highest BCUT2D eigenvalue weighted by atomic mass is 16.5. The lowest BCUT2D eigenvalue weighted by Crippen LogP contribution is -2.00. The summed E-state index contributed by atoms with van der Waals surface area (Å²) in [7, 11) is 0. The molecule has 1 N–H and O–H groups in total. The summed E-state index contributed by atoms with van der Waals surface area (Å²) in [4.78, 5) is 0. The molecule has 0 atom stereocenters. The highest BCUT2D eigenvalue weighted by Gasteiger charge is 2.21. The van der Waals surface area contributed by atoms with Gasteiger partial charge in [0.1, 0.15) is 0 Å². The number of hydrogen-bond donors (Lipinski definition) is 1. The molecule has 1 saturated carbocycles. The molecule has 0 bridgehead atoms. The van der Waals surface area contributed by atoms with Gasteiger partial charge in [-0.25, -0.2) is 0 Å². The van der Waals surface area contributed by atoms with Crippen molar-refractivity contribution in [2.45, 2.75) is 25.8 Å². The summed E-state index contributed by atoms with van der Waals surface area (Å²) >= 11 is 0. The van der Waals surface area contributed by atoms with E-state index in [1.165, 1.54) is 12.8 Å². The van der Waals surface area contributed by atoms with Gasteiger partial charge in [0.05, 0.1) is 19.0 Å². The molecule has 14 heavy (non-hydrogen) atoms. The molecule has 0 radical (unpaired) electrons. The second-order valence-corrected chi connectivity index (χ2v) is 3.77. The predicted molar refractivity (Wildman–Crippen MR) is 52.1 cm³/mol. The summed E-state index contributed by atoms with van der Waals surface area (Å²) in [5.74, 6) is 1.64. The Kier molecular flexibility index (Phi) is 3.03. The van der Waals surface area contributed by atoms with Gasteiger partial charge in [0.15, 0.2) is 5.75 Å². The molecule has 1 heterocycles. The van der Waals surface area contributed by atoms with E-state index in [1.54, 1.807) is 6.20 Å². The van der Waals surface area contributed by atoms with E-state index < -0.39 is 0 Å². The van der Waals surface area contributed by atoms with Crippen LogP contribution in [0.1, 0.15) is 19.3 Å². The average Bonchev–Trinajstić information content (AvgIpc) is 2.87. The Morgan fingerprint density at radius 2 is 2.43 bits per heavy atom. The summed E-state index contributed by atoms with van der Waals surface area (Å²) in [5.41, 5.74) is 0. The van der Waals surface area contributed by atoms with Crippen LogP contribution < -0.4 is 4.74 Å². The van der Waals surface area contributed by atoms with Gasteiger partial charge in [-0.1, -0.05) is 0 Å². The maximum absolute atomic E-state index is 8.58. The first kappa shape index (κ1) is 9.52.